The fourth-order valence-corrected chi connectivity index (χ4v) is 5.43. The highest BCUT2D eigenvalue weighted by molar-refractivity contribution is 7.88. The minimum atomic E-state index is -3.12. The van der Waals surface area contributed by atoms with E-state index in [0.29, 0.717) is 0 Å². The van der Waals surface area contributed by atoms with E-state index in [1.165, 1.54) is 0 Å². The Bertz CT molecular complexity index is 561. The molecule has 0 bridgehead atoms. The lowest BCUT2D eigenvalue weighted by Gasteiger charge is -2.39. The molecule has 1 rings (SSSR count). The van der Waals surface area contributed by atoms with Crippen molar-refractivity contribution >= 4 is 17.9 Å². The van der Waals surface area contributed by atoms with Gasteiger partial charge in [0.25, 0.3) is 6.65 Å². The van der Waals surface area contributed by atoms with Crippen LogP contribution < -0.4 is 0 Å². The van der Waals surface area contributed by atoms with Gasteiger partial charge in [0.2, 0.25) is 0 Å². The second kappa shape index (κ2) is 7.01. The van der Waals surface area contributed by atoms with Crippen LogP contribution in [0.15, 0.2) is 30.3 Å². The van der Waals surface area contributed by atoms with Gasteiger partial charge in [-0.2, -0.15) is 0 Å². The van der Waals surface area contributed by atoms with Crippen molar-refractivity contribution in [1.82, 2.24) is 4.67 Å². The lowest BCUT2D eigenvalue weighted by Crippen LogP contribution is -2.38. The molecule has 1 unspecified atom stereocenters. The number of rotatable bonds is 4. The van der Waals surface area contributed by atoms with Gasteiger partial charge < -0.3 is 0 Å². The van der Waals surface area contributed by atoms with Crippen LogP contribution in [0.2, 0.25) is 0 Å². The largest absolute Gasteiger partial charge is 0.287 e. The third-order valence-corrected chi connectivity index (χ3v) is 8.13. The molecule has 0 aliphatic heterocycles. The number of benzene rings is 1. The van der Waals surface area contributed by atoms with Gasteiger partial charge in [0.1, 0.15) is 5.16 Å². The normalized spacial score (nSPS) is 15.0. The lowest BCUT2D eigenvalue weighted by molar-refractivity contribution is 0.300. The van der Waals surface area contributed by atoms with Crippen molar-refractivity contribution in [2.24, 2.45) is 0 Å². The summed E-state index contributed by atoms with van der Waals surface area (Å²) in [6.07, 6.45) is 0. The zero-order chi connectivity index (χ0) is 16.3. The van der Waals surface area contributed by atoms with Crippen LogP contribution in [0.25, 0.3) is 0 Å². The molecule has 0 saturated heterocycles. The van der Waals surface area contributed by atoms with Crippen molar-refractivity contribution in [2.45, 2.75) is 58.8 Å². The van der Waals surface area contributed by atoms with Gasteiger partial charge in [-0.1, -0.05) is 30.0 Å². The van der Waals surface area contributed by atoms with E-state index < -0.39 is 11.8 Å². The van der Waals surface area contributed by atoms with Crippen LogP contribution in [0.5, 0.6) is 0 Å². The van der Waals surface area contributed by atoms with E-state index in [0.717, 1.165) is 5.56 Å². The van der Waals surface area contributed by atoms with E-state index in [4.69, 9.17) is 11.2 Å². The third kappa shape index (κ3) is 4.36. The minimum absolute atomic E-state index is 0.103. The predicted octanol–water partition coefficient (Wildman–Crippen LogP) is 5.37. The Labute approximate surface area is 134 Å². The quantitative estimate of drug-likeness (QED) is 0.548. The van der Waals surface area contributed by atoms with Crippen LogP contribution in [0.1, 0.15) is 47.1 Å². The highest BCUT2D eigenvalue weighted by Crippen LogP contribution is 2.66. The third-order valence-electron chi connectivity index (χ3n) is 3.33. The van der Waals surface area contributed by atoms with Gasteiger partial charge in [0.15, 0.2) is 0 Å². The lowest BCUT2D eigenvalue weighted by atomic mass is 10.1. The van der Waals surface area contributed by atoms with Gasteiger partial charge in [-0.05, 0) is 64.9 Å². The van der Waals surface area contributed by atoms with E-state index >= 15 is 0 Å². The minimum Gasteiger partial charge on any atom is -0.287 e. The fraction of sp³-hybridized carbons (Fsp3) is 0.529. The molecule has 0 saturated carbocycles. The highest BCUT2D eigenvalue weighted by Gasteiger charge is 2.45. The van der Waals surface area contributed by atoms with E-state index in [9.17, 15) is 4.57 Å². The molecule has 0 fully saturated rings. The van der Waals surface area contributed by atoms with Crippen LogP contribution in [-0.2, 0) is 4.57 Å². The first-order chi connectivity index (χ1) is 9.59. The second-order valence-electron chi connectivity index (χ2n) is 6.24. The molecule has 1 aromatic carbocycles. The topological polar surface area (TPSA) is 20.3 Å². The van der Waals surface area contributed by atoms with E-state index in [1.54, 1.807) is 0 Å². The van der Waals surface area contributed by atoms with E-state index in [1.807, 2.05) is 76.5 Å². The van der Waals surface area contributed by atoms with Crippen LogP contribution in [0, 0.1) is 11.8 Å². The summed E-state index contributed by atoms with van der Waals surface area (Å²) in [7, 11) is 0. The van der Waals surface area contributed by atoms with Crippen LogP contribution in [0.3, 0.4) is 0 Å². The van der Waals surface area contributed by atoms with Crippen molar-refractivity contribution in [2.75, 3.05) is 0 Å². The standard InChI is InChI=1S/C17H25ClNOP/c1-14(2)19(15(3)4)21(18,20)17(5,6)13-12-16-10-8-7-9-11-16/h7-11,14-15H,1-6H3. The van der Waals surface area contributed by atoms with Crippen molar-refractivity contribution in [1.29, 1.82) is 0 Å². The maximum absolute atomic E-state index is 13.2. The van der Waals surface area contributed by atoms with Gasteiger partial charge in [-0.3, -0.25) is 4.57 Å². The molecule has 4 heteroatoms. The van der Waals surface area contributed by atoms with E-state index in [2.05, 4.69) is 11.8 Å². The first kappa shape index (κ1) is 18.3. The molecular formula is C17H25ClNOP. The maximum Gasteiger partial charge on any atom is 0.252 e. The van der Waals surface area contributed by atoms with Crippen molar-refractivity contribution in [3.8, 4) is 11.8 Å². The summed E-state index contributed by atoms with van der Waals surface area (Å²) in [5.41, 5.74) is 0.905. The summed E-state index contributed by atoms with van der Waals surface area (Å²) < 4.78 is 15.1. The van der Waals surface area contributed by atoms with Gasteiger partial charge >= 0.3 is 0 Å². The van der Waals surface area contributed by atoms with Gasteiger partial charge in [0.05, 0.1) is 0 Å². The van der Waals surface area contributed by atoms with Crippen molar-refractivity contribution in [3.05, 3.63) is 35.9 Å². The predicted molar refractivity (Wildman–Crippen MR) is 93.0 cm³/mol. The average Bonchev–Trinajstić information content (AvgIpc) is 2.36. The molecule has 0 spiro atoms. The van der Waals surface area contributed by atoms with Crippen molar-refractivity contribution in [3.63, 3.8) is 0 Å². The molecule has 0 aromatic heterocycles. The molecule has 2 nitrogen and oxygen atoms in total. The Balaban J connectivity index is 3.16. The monoisotopic (exact) mass is 325 g/mol. The zero-order valence-electron chi connectivity index (χ0n) is 13.7. The number of hydrogen-bond acceptors (Lipinski definition) is 1. The number of nitrogens with zero attached hydrogens (tertiary/aromatic N) is 1. The maximum atomic E-state index is 13.2. The van der Waals surface area contributed by atoms with E-state index in [-0.39, 0.29) is 12.1 Å². The number of halogens is 1. The molecule has 116 valence electrons. The Morgan fingerprint density at radius 3 is 2.00 bits per heavy atom. The fourth-order valence-electron chi connectivity index (χ4n) is 2.29. The molecule has 1 atom stereocenters. The molecular weight excluding hydrogens is 301 g/mol. The molecule has 1 aromatic rings. The summed E-state index contributed by atoms with van der Waals surface area (Å²) in [4.78, 5) is 0. The molecule has 0 amide bonds. The molecule has 0 aliphatic carbocycles. The van der Waals surface area contributed by atoms with Crippen LogP contribution in [-0.4, -0.2) is 21.9 Å². The smallest absolute Gasteiger partial charge is 0.252 e. The Hall–Kier alpha value is -0.740. The van der Waals surface area contributed by atoms with Gasteiger partial charge in [-0.15, -0.1) is 0 Å². The summed E-state index contributed by atoms with van der Waals surface area (Å²) >= 11 is 6.53. The molecule has 0 heterocycles. The van der Waals surface area contributed by atoms with Gasteiger partial charge in [0, 0.05) is 17.6 Å². The summed E-state index contributed by atoms with van der Waals surface area (Å²) in [6, 6.07) is 9.90. The summed E-state index contributed by atoms with van der Waals surface area (Å²) in [5.74, 6) is 6.21. The molecule has 0 N–H and O–H groups in total. The summed E-state index contributed by atoms with van der Waals surface area (Å²) in [5, 5.41) is -0.779. The first-order valence-electron chi connectivity index (χ1n) is 7.26. The second-order valence-corrected chi connectivity index (χ2v) is 10.2. The average molecular weight is 326 g/mol. The highest BCUT2D eigenvalue weighted by atomic mass is 35.7. The van der Waals surface area contributed by atoms with Crippen LogP contribution in [0.4, 0.5) is 0 Å². The Morgan fingerprint density at radius 1 is 1.10 bits per heavy atom. The first-order valence-corrected chi connectivity index (χ1v) is 9.83. The zero-order valence-corrected chi connectivity index (χ0v) is 15.4. The van der Waals surface area contributed by atoms with Gasteiger partial charge in [-0.25, -0.2) is 4.67 Å². The van der Waals surface area contributed by atoms with Crippen molar-refractivity contribution < 1.29 is 4.57 Å². The Kier molecular flexibility index (Phi) is 6.11. The van der Waals surface area contributed by atoms with Crippen LogP contribution >= 0.6 is 17.9 Å². The SMILES string of the molecule is CC(C)N(C(C)C)P(=O)(Cl)C(C)(C)C#Cc1ccccc1. The molecule has 0 radical (unpaired) electrons. The molecule has 21 heavy (non-hydrogen) atoms. The number of hydrogen-bond donors (Lipinski definition) is 0. The Morgan fingerprint density at radius 2 is 1.57 bits per heavy atom. The summed E-state index contributed by atoms with van der Waals surface area (Å²) in [6.45, 7) is 8.63. The molecule has 0 aliphatic rings.